The van der Waals surface area contributed by atoms with E-state index in [1.165, 1.54) is 0 Å². The van der Waals surface area contributed by atoms with Crippen molar-refractivity contribution in [2.24, 2.45) is 11.8 Å². The van der Waals surface area contributed by atoms with Crippen molar-refractivity contribution in [3.8, 4) is 0 Å². The molecule has 3 heterocycles. The van der Waals surface area contributed by atoms with Gasteiger partial charge in [0.25, 0.3) is 0 Å². The van der Waals surface area contributed by atoms with Crippen molar-refractivity contribution in [3.63, 3.8) is 0 Å². The molecule has 7 heteroatoms. The maximum atomic E-state index is 13.0. The predicted octanol–water partition coefficient (Wildman–Crippen LogP) is 5.63. The van der Waals surface area contributed by atoms with Crippen molar-refractivity contribution in [2.45, 2.75) is 64.6 Å². The Morgan fingerprint density at radius 1 is 1.22 bits per heavy atom. The quantitative estimate of drug-likeness (QED) is 0.508. The lowest BCUT2D eigenvalue weighted by Crippen LogP contribution is -2.44. The molecular formula is C25H37BrN4O2. The van der Waals surface area contributed by atoms with E-state index >= 15 is 0 Å². The largest absolute Gasteiger partial charge is 0.444 e. The number of hydrogen-bond acceptors (Lipinski definition) is 4. The number of alkyl halides is 1. The van der Waals surface area contributed by atoms with E-state index in [1.54, 1.807) is 0 Å². The lowest BCUT2D eigenvalue weighted by Gasteiger charge is -2.39. The van der Waals surface area contributed by atoms with Gasteiger partial charge in [0.15, 0.2) is 0 Å². The molecule has 1 unspecified atom stereocenters. The zero-order valence-corrected chi connectivity index (χ0v) is 21.6. The third kappa shape index (κ3) is 5.30. The molecule has 0 spiro atoms. The molecule has 0 aliphatic carbocycles. The molecule has 1 aromatic heterocycles. The van der Waals surface area contributed by atoms with Gasteiger partial charge in [-0.1, -0.05) is 35.0 Å². The molecule has 4 rings (SSSR count). The molecule has 0 N–H and O–H groups in total. The van der Waals surface area contributed by atoms with Gasteiger partial charge < -0.3 is 14.5 Å². The normalized spacial score (nSPS) is 27.6. The van der Waals surface area contributed by atoms with Crippen LogP contribution in [0.5, 0.6) is 0 Å². The van der Waals surface area contributed by atoms with Gasteiger partial charge in [-0.15, -0.1) is 0 Å². The molecule has 1 amide bonds. The molecule has 176 valence electrons. The van der Waals surface area contributed by atoms with Crippen LogP contribution in [0.4, 0.5) is 4.79 Å². The molecule has 2 saturated heterocycles. The van der Waals surface area contributed by atoms with E-state index in [0.29, 0.717) is 17.9 Å². The van der Waals surface area contributed by atoms with Gasteiger partial charge in [-0.05, 0) is 70.5 Å². The summed E-state index contributed by atoms with van der Waals surface area (Å²) in [6, 6.07) is 6.93. The number of carbonyl (C=O) groups is 1. The van der Waals surface area contributed by atoms with Crippen LogP contribution >= 0.6 is 15.9 Å². The summed E-state index contributed by atoms with van der Waals surface area (Å²) in [6.45, 7) is 10.9. The van der Waals surface area contributed by atoms with Gasteiger partial charge in [0.1, 0.15) is 5.60 Å². The van der Waals surface area contributed by atoms with Crippen LogP contribution in [0, 0.1) is 11.8 Å². The van der Waals surface area contributed by atoms with Gasteiger partial charge in [0.2, 0.25) is 0 Å². The molecule has 2 aliphatic rings. The predicted molar refractivity (Wildman–Crippen MR) is 132 cm³/mol. The summed E-state index contributed by atoms with van der Waals surface area (Å²) < 4.78 is 7.90. The van der Waals surface area contributed by atoms with Crippen molar-refractivity contribution in [1.29, 1.82) is 0 Å². The lowest BCUT2D eigenvalue weighted by atomic mass is 9.90. The van der Waals surface area contributed by atoms with Crippen LogP contribution in [0.3, 0.4) is 0 Å². The summed E-state index contributed by atoms with van der Waals surface area (Å²) in [4.78, 5) is 17.3. The highest BCUT2D eigenvalue weighted by molar-refractivity contribution is 9.09. The average molecular weight is 506 g/mol. The molecular weight excluding hydrogens is 468 g/mol. The van der Waals surface area contributed by atoms with E-state index in [9.17, 15) is 4.79 Å². The molecule has 2 aromatic rings. The topological polar surface area (TPSA) is 50.6 Å². The van der Waals surface area contributed by atoms with E-state index in [-0.39, 0.29) is 12.1 Å². The highest BCUT2D eigenvalue weighted by Gasteiger charge is 2.34. The van der Waals surface area contributed by atoms with Crippen LogP contribution in [-0.4, -0.2) is 63.3 Å². The fraction of sp³-hybridized carbons (Fsp3) is 0.680. The molecule has 2 aliphatic heterocycles. The molecule has 32 heavy (non-hydrogen) atoms. The van der Waals surface area contributed by atoms with Crippen LogP contribution in [-0.2, 0) is 4.74 Å². The second kappa shape index (κ2) is 9.34. The fourth-order valence-corrected chi connectivity index (χ4v) is 5.65. The summed E-state index contributed by atoms with van der Waals surface area (Å²) in [7, 11) is 2.19. The Bertz CT molecular complexity index is 953. The highest BCUT2D eigenvalue weighted by atomic mass is 79.9. The summed E-state index contributed by atoms with van der Waals surface area (Å²) in [5.41, 5.74) is 1.67. The van der Waals surface area contributed by atoms with Crippen LogP contribution in [0.15, 0.2) is 24.4 Å². The van der Waals surface area contributed by atoms with E-state index in [4.69, 9.17) is 9.84 Å². The molecule has 1 aromatic carbocycles. The van der Waals surface area contributed by atoms with Gasteiger partial charge in [-0.2, -0.15) is 5.10 Å². The Kier molecular flexibility index (Phi) is 6.87. The number of rotatable bonds is 3. The van der Waals surface area contributed by atoms with Crippen molar-refractivity contribution in [3.05, 3.63) is 30.0 Å². The SMILES string of the molecule is C[C@H]1CC[C@H](c2ccc3cn(C4C[C@@H](CBr)CN(C)C4)nc3c2)N(C(=O)OC(C)(C)C)C1. The maximum Gasteiger partial charge on any atom is 0.410 e. The van der Waals surface area contributed by atoms with Crippen molar-refractivity contribution in [2.75, 3.05) is 32.0 Å². The smallest absolute Gasteiger partial charge is 0.410 e. The minimum absolute atomic E-state index is 0.0363. The van der Waals surface area contributed by atoms with E-state index < -0.39 is 5.60 Å². The second-order valence-corrected chi connectivity index (χ2v) is 11.5. The number of amides is 1. The Morgan fingerprint density at radius 3 is 2.72 bits per heavy atom. The van der Waals surface area contributed by atoms with Crippen LogP contribution in [0.1, 0.15) is 64.6 Å². The molecule has 0 bridgehead atoms. The van der Waals surface area contributed by atoms with Gasteiger partial charge in [-0.3, -0.25) is 4.68 Å². The van der Waals surface area contributed by atoms with Crippen LogP contribution in [0.25, 0.3) is 10.9 Å². The zero-order chi connectivity index (χ0) is 23.0. The summed E-state index contributed by atoms with van der Waals surface area (Å²) >= 11 is 3.67. The number of likely N-dealkylation sites (tertiary alicyclic amines) is 2. The Balaban J connectivity index is 1.59. The van der Waals surface area contributed by atoms with Crippen LogP contribution in [0.2, 0.25) is 0 Å². The second-order valence-electron chi connectivity index (χ2n) is 10.9. The minimum atomic E-state index is -0.495. The van der Waals surface area contributed by atoms with E-state index in [2.05, 4.69) is 63.9 Å². The highest BCUT2D eigenvalue weighted by Crippen LogP contribution is 2.36. The summed E-state index contributed by atoms with van der Waals surface area (Å²) in [5.74, 6) is 1.13. The summed E-state index contributed by atoms with van der Waals surface area (Å²) in [6.07, 6.45) is 5.17. The molecule has 4 atom stereocenters. The summed E-state index contributed by atoms with van der Waals surface area (Å²) in [5, 5.41) is 7.16. The Labute approximate surface area is 200 Å². The maximum absolute atomic E-state index is 13.0. The first-order chi connectivity index (χ1) is 15.1. The molecule has 0 radical (unpaired) electrons. The van der Waals surface area contributed by atoms with E-state index in [1.807, 2.05) is 25.7 Å². The number of piperidine rings is 2. The van der Waals surface area contributed by atoms with E-state index in [0.717, 1.165) is 60.7 Å². The molecule has 6 nitrogen and oxygen atoms in total. The average Bonchev–Trinajstić information content (AvgIpc) is 3.15. The van der Waals surface area contributed by atoms with Gasteiger partial charge >= 0.3 is 6.09 Å². The number of benzene rings is 1. The lowest BCUT2D eigenvalue weighted by molar-refractivity contribution is 0.00365. The Morgan fingerprint density at radius 2 is 2.00 bits per heavy atom. The fourth-order valence-electron chi connectivity index (χ4n) is 5.18. The monoisotopic (exact) mass is 504 g/mol. The van der Waals surface area contributed by atoms with Crippen molar-refractivity contribution >= 4 is 32.9 Å². The number of nitrogens with zero attached hydrogens (tertiary/aromatic N) is 4. The number of likely N-dealkylation sites (N-methyl/N-ethyl adjacent to an activating group) is 1. The van der Waals surface area contributed by atoms with Crippen LogP contribution < -0.4 is 0 Å². The van der Waals surface area contributed by atoms with Gasteiger partial charge in [-0.25, -0.2) is 4.79 Å². The standard InChI is InChI=1S/C25H37BrN4O2/c1-17-6-9-23(29(13-17)24(31)32-25(2,3)4)19-7-8-20-15-30(27-22(20)11-19)21-10-18(12-26)14-28(5)16-21/h7-8,11,15,17-18,21,23H,6,9-10,12-14,16H2,1-5H3/t17-,18-,21?,23+/m0/s1. The number of hydrogen-bond donors (Lipinski definition) is 0. The first kappa shape index (κ1) is 23.6. The van der Waals surface area contributed by atoms with Gasteiger partial charge in [0, 0.05) is 36.5 Å². The minimum Gasteiger partial charge on any atom is -0.444 e. The van der Waals surface area contributed by atoms with Crippen molar-refractivity contribution < 1.29 is 9.53 Å². The number of ether oxygens (including phenoxy) is 1. The Hall–Kier alpha value is -1.60. The molecule has 2 fully saturated rings. The first-order valence-electron chi connectivity index (χ1n) is 11.9. The molecule has 0 saturated carbocycles. The number of aromatic nitrogens is 2. The third-order valence-corrected chi connectivity index (χ3v) is 7.59. The first-order valence-corrected chi connectivity index (χ1v) is 13.0. The van der Waals surface area contributed by atoms with Crippen molar-refractivity contribution in [1.82, 2.24) is 19.6 Å². The zero-order valence-electron chi connectivity index (χ0n) is 20.1. The van der Waals surface area contributed by atoms with Gasteiger partial charge in [0.05, 0.1) is 17.6 Å². The number of halogens is 1. The number of fused-ring (bicyclic) bond motifs is 1. The number of carbonyl (C=O) groups excluding carboxylic acids is 1. The third-order valence-electron chi connectivity index (χ3n) is 6.67.